The molecule has 0 fully saturated rings. The predicted octanol–water partition coefficient (Wildman–Crippen LogP) is 19.3. The van der Waals surface area contributed by atoms with E-state index in [0.29, 0.717) is 19.3 Å². The van der Waals surface area contributed by atoms with Crippen LogP contribution in [0.5, 0.6) is 0 Å². The molecular weight excluding hydrogens is 805 g/mol. The fraction of sp³-hybridized carbons (Fsp3) is 0.949. The molecule has 0 saturated heterocycles. The van der Waals surface area contributed by atoms with E-state index in [9.17, 15) is 14.4 Å². The molecule has 0 aromatic heterocycles. The number of esters is 3. The molecule has 0 rings (SSSR count). The van der Waals surface area contributed by atoms with E-state index in [1.165, 1.54) is 218 Å². The Labute approximate surface area is 406 Å². The van der Waals surface area contributed by atoms with Crippen molar-refractivity contribution in [2.24, 2.45) is 11.8 Å². The van der Waals surface area contributed by atoms with Gasteiger partial charge in [-0.15, -0.1) is 0 Å². The Morgan fingerprint density at radius 3 is 0.877 bits per heavy atom. The summed E-state index contributed by atoms with van der Waals surface area (Å²) in [6.45, 7) is 11.4. The van der Waals surface area contributed by atoms with Gasteiger partial charge < -0.3 is 14.2 Å². The number of ether oxygens (including phenoxy) is 3. The van der Waals surface area contributed by atoms with Crippen LogP contribution in [0.15, 0.2) is 0 Å². The van der Waals surface area contributed by atoms with Gasteiger partial charge in [0.25, 0.3) is 0 Å². The van der Waals surface area contributed by atoms with Crippen molar-refractivity contribution in [3.63, 3.8) is 0 Å². The molecule has 6 heteroatoms. The molecule has 0 heterocycles. The molecule has 0 radical (unpaired) electrons. The fourth-order valence-electron chi connectivity index (χ4n) is 9.02. The molecule has 1 unspecified atom stereocenters. The zero-order chi connectivity index (χ0) is 47.5. The molecule has 2 atom stereocenters. The summed E-state index contributed by atoms with van der Waals surface area (Å²) in [5.74, 6) is 0.866. The van der Waals surface area contributed by atoms with Crippen LogP contribution in [-0.4, -0.2) is 37.2 Å². The first-order valence-electron chi connectivity index (χ1n) is 29.3. The Balaban J connectivity index is 4.25. The molecule has 6 nitrogen and oxygen atoms in total. The second-order valence-corrected chi connectivity index (χ2v) is 21.0. The molecule has 0 aliphatic rings. The van der Waals surface area contributed by atoms with E-state index in [4.69, 9.17) is 14.2 Å². The average Bonchev–Trinajstić information content (AvgIpc) is 3.29. The molecule has 0 amide bonds. The van der Waals surface area contributed by atoms with Crippen LogP contribution in [0.25, 0.3) is 0 Å². The Morgan fingerprint density at radius 2 is 0.585 bits per heavy atom. The quantitative estimate of drug-likeness (QED) is 0.0344. The molecule has 0 aromatic carbocycles. The minimum atomic E-state index is -0.763. The van der Waals surface area contributed by atoms with Crippen LogP contribution >= 0.6 is 0 Å². The number of rotatable bonds is 53. The molecule has 386 valence electrons. The molecule has 65 heavy (non-hydrogen) atoms. The van der Waals surface area contributed by atoms with Crippen molar-refractivity contribution in [2.45, 2.75) is 336 Å². The largest absolute Gasteiger partial charge is 0.462 e. The smallest absolute Gasteiger partial charge is 0.306 e. The molecule has 0 spiro atoms. The fourth-order valence-corrected chi connectivity index (χ4v) is 9.02. The zero-order valence-electron chi connectivity index (χ0n) is 44.6. The summed E-state index contributed by atoms with van der Waals surface area (Å²) in [6.07, 6.45) is 55.2. The first kappa shape index (κ1) is 63.4. The van der Waals surface area contributed by atoms with E-state index in [-0.39, 0.29) is 31.1 Å². The van der Waals surface area contributed by atoms with E-state index in [1.807, 2.05) is 0 Å². The maximum Gasteiger partial charge on any atom is 0.306 e. The lowest BCUT2D eigenvalue weighted by atomic mass is 9.99. The molecular formula is C59H114O6. The molecule has 0 bridgehead atoms. The Bertz CT molecular complexity index is 995. The van der Waals surface area contributed by atoms with Gasteiger partial charge in [-0.3, -0.25) is 14.4 Å². The van der Waals surface area contributed by atoms with Gasteiger partial charge in [-0.05, 0) is 31.1 Å². The molecule has 0 aromatic rings. The SMILES string of the molecule is CCCCCCCCCCCCCCCCC(=O)OC[C@H](COC(=O)CCCCCCCCCCC(C)CC)OC(=O)CCCCCCCCCCCCCCCCCCCCC(C)C. The van der Waals surface area contributed by atoms with Gasteiger partial charge in [0.1, 0.15) is 13.2 Å². The first-order valence-corrected chi connectivity index (χ1v) is 29.3. The van der Waals surface area contributed by atoms with Gasteiger partial charge in [0.2, 0.25) is 0 Å². The third kappa shape index (κ3) is 51.6. The summed E-state index contributed by atoms with van der Waals surface area (Å²) < 4.78 is 16.9. The second kappa shape index (κ2) is 51.8. The molecule has 0 N–H and O–H groups in total. The summed E-state index contributed by atoms with van der Waals surface area (Å²) in [5.41, 5.74) is 0. The van der Waals surface area contributed by atoms with Gasteiger partial charge in [0, 0.05) is 19.3 Å². The highest BCUT2D eigenvalue weighted by Crippen LogP contribution is 2.19. The third-order valence-corrected chi connectivity index (χ3v) is 13.8. The Kier molecular flexibility index (Phi) is 50.5. The van der Waals surface area contributed by atoms with E-state index in [0.717, 1.165) is 69.6 Å². The van der Waals surface area contributed by atoms with Crippen molar-refractivity contribution >= 4 is 17.9 Å². The minimum Gasteiger partial charge on any atom is -0.462 e. The van der Waals surface area contributed by atoms with Gasteiger partial charge in [0.15, 0.2) is 6.10 Å². The lowest BCUT2D eigenvalue weighted by Crippen LogP contribution is -2.30. The highest BCUT2D eigenvalue weighted by molar-refractivity contribution is 5.71. The topological polar surface area (TPSA) is 78.9 Å². The number of hydrogen-bond acceptors (Lipinski definition) is 6. The van der Waals surface area contributed by atoms with Crippen molar-refractivity contribution in [3.05, 3.63) is 0 Å². The van der Waals surface area contributed by atoms with Crippen molar-refractivity contribution in [1.29, 1.82) is 0 Å². The van der Waals surface area contributed by atoms with Crippen LogP contribution in [0, 0.1) is 11.8 Å². The van der Waals surface area contributed by atoms with Crippen molar-refractivity contribution in [2.75, 3.05) is 13.2 Å². The number of unbranched alkanes of at least 4 members (excludes halogenated alkanes) is 37. The number of carbonyl (C=O) groups excluding carboxylic acids is 3. The number of carbonyl (C=O) groups is 3. The van der Waals surface area contributed by atoms with E-state index >= 15 is 0 Å². The van der Waals surface area contributed by atoms with Gasteiger partial charge in [-0.25, -0.2) is 0 Å². The zero-order valence-corrected chi connectivity index (χ0v) is 44.6. The van der Waals surface area contributed by atoms with Crippen LogP contribution in [0.3, 0.4) is 0 Å². The first-order chi connectivity index (χ1) is 31.8. The average molecular weight is 920 g/mol. The summed E-state index contributed by atoms with van der Waals surface area (Å²) in [4.78, 5) is 38.1. The monoisotopic (exact) mass is 919 g/mol. The third-order valence-electron chi connectivity index (χ3n) is 13.8. The molecule has 0 aliphatic heterocycles. The van der Waals surface area contributed by atoms with Crippen LogP contribution in [0.2, 0.25) is 0 Å². The van der Waals surface area contributed by atoms with E-state index in [1.54, 1.807) is 0 Å². The van der Waals surface area contributed by atoms with Crippen molar-refractivity contribution in [1.82, 2.24) is 0 Å². The normalized spacial score (nSPS) is 12.5. The van der Waals surface area contributed by atoms with Crippen LogP contribution < -0.4 is 0 Å². The van der Waals surface area contributed by atoms with E-state index in [2.05, 4.69) is 34.6 Å². The summed E-state index contributed by atoms with van der Waals surface area (Å²) in [7, 11) is 0. The minimum absolute atomic E-state index is 0.0629. The van der Waals surface area contributed by atoms with Gasteiger partial charge >= 0.3 is 17.9 Å². The maximum absolute atomic E-state index is 12.9. The standard InChI is InChI=1S/C59H114O6/c1-6-8-9-10-11-12-13-14-22-25-28-34-39-44-49-57(60)63-52-56(53-64-58(61)50-45-40-35-31-30-33-38-43-48-55(5)7-2)65-59(62)51-46-41-36-29-26-23-20-18-16-15-17-19-21-24-27-32-37-42-47-54(3)4/h54-56H,6-53H2,1-5H3/t55?,56-/m1/s1. The van der Waals surface area contributed by atoms with Crippen LogP contribution in [-0.2, 0) is 28.6 Å². The van der Waals surface area contributed by atoms with E-state index < -0.39 is 6.10 Å². The predicted molar refractivity (Wildman–Crippen MR) is 280 cm³/mol. The van der Waals surface area contributed by atoms with Gasteiger partial charge in [-0.1, -0.05) is 291 Å². The number of hydrogen-bond donors (Lipinski definition) is 0. The Hall–Kier alpha value is -1.59. The van der Waals surface area contributed by atoms with Gasteiger partial charge in [0.05, 0.1) is 0 Å². The summed E-state index contributed by atoms with van der Waals surface area (Å²) >= 11 is 0. The lowest BCUT2D eigenvalue weighted by Gasteiger charge is -2.18. The van der Waals surface area contributed by atoms with Gasteiger partial charge in [-0.2, -0.15) is 0 Å². The van der Waals surface area contributed by atoms with Crippen LogP contribution in [0.1, 0.15) is 330 Å². The molecule has 0 saturated carbocycles. The van der Waals surface area contributed by atoms with Crippen molar-refractivity contribution < 1.29 is 28.6 Å². The second-order valence-electron chi connectivity index (χ2n) is 21.0. The maximum atomic E-state index is 12.9. The highest BCUT2D eigenvalue weighted by Gasteiger charge is 2.19. The molecule has 0 aliphatic carbocycles. The lowest BCUT2D eigenvalue weighted by molar-refractivity contribution is -0.167. The Morgan fingerprint density at radius 1 is 0.323 bits per heavy atom. The highest BCUT2D eigenvalue weighted by atomic mass is 16.6. The van der Waals surface area contributed by atoms with Crippen LogP contribution in [0.4, 0.5) is 0 Å². The summed E-state index contributed by atoms with van der Waals surface area (Å²) in [6, 6.07) is 0. The van der Waals surface area contributed by atoms with Crippen molar-refractivity contribution in [3.8, 4) is 0 Å². The summed E-state index contributed by atoms with van der Waals surface area (Å²) in [5, 5.41) is 0.